The second-order valence-corrected chi connectivity index (χ2v) is 7.16. The first-order valence-corrected chi connectivity index (χ1v) is 8.59. The van der Waals surface area contributed by atoms with Crippen molar-refractivity contribution in [2.45, 2.75) is 37.0 Å². The van der Waals surface area contributed by atoms with Gasteiger partial charge in [-0.1, -0.05) is 38.3 Å². The van der Waals surface area contributed by atoms with Gasteiger partial charge < -0.3 is 0 Å². The van der Waals surface area contributed by atoms with Crippen molar-refractivity contribution in [2.24, 2.45) is 5.92 Å². The van der Waals surface area contributed by atoms with Gasteiger partial charge in [-0.05, 0) is 30.2 Å². The van der Waals surface area contributed by atoms with E-state index in [4.69, 9.17) is 23.2 Å². The first-order valence-electron chi connectivity index (χ1n) is 6.30. The maximum Gasteiger partial charge on any atom is 0.240 e. The van der Waals surface area contributed by atoms with Gasteiger partial charge in [0.05, 0.1) is 4.90 Å². The molecule has 0 bridgehead atoms. The minimum Gasteiger partial charge on any atom is -0.210 e. The Labute approximate surface area is 125 Å². The van der Waals surface area contributed by atoms with E-state index in [9.17, 15) is 8.42 Å². The van der Waals surface area contributed by atoms with E-state index in [1.807, 2.05) is 0 Å². The molecule has 0 aliphatic rings. The molecule has 0 aliphatic carbocycles. The van der Waals surface area contributed by atoms with Crippen molar-refractivity contribution in [3.8, 4) is 0 Å². The molecule has 1 rings (SSSR count). The monoisotopic (exact) mass is 323 g/mol. The smallest absolute Gasteiger partial charge is 0.210 e. The van der Waals surface area contributed by atoms with Gasteiger partial charge in [-0.3, -0.25) is 0 Å². The number of benzene rings is 1. The lowest BCUT2D eigenvalue weighted by Gasteiger charge is -2.19. The molecule has 6 heteroatoms. The summed E-state index contributed by atoms with van der Waals surface area (Å²) in [4.78, 5) is 0.199. The van der Waals surface area contributed by atoms with Crippen LogP contribution in [0.5, 0.6) is 0 Å². The molecule has 0 aliphatic heterocycles. The Morgan fingerprint density at radius 1 is 1.16 bits per heavy atom. The Morgan fingerprint density at radius 2 is 1.68 bits per heavy atom. The van der Waals surface area contributed by atoms with Gasteiger partial charge in [-0.15, -0.1) is 11.6 Å². The fraction of sp³-hybridized carbons (Fsp3) is 0.538. The summed E-state index contributed by atoms with van der Waals surface area (Å²) in [5.74, 6) is 0.314. The minimum atomic E-state index is -3.52. The van der Waals surface area contributed by atoms with Crippen molar-refractivity contribution in [1.29, 1.82) is 0 Å². The zero-order valence-electron chi connectivity index (χ0n) is 11.1. The number of nitrogens with one attached hydrogen (secondary N) is 1. The predicted molar refractivity (Wildman–Crippen MR) is 80.4 cm³/mol. The van der Waals surface area contributed by atoms with E-state index in [1.54, 1.807) is 12.1 Å². The molecule has 0 saturated heterocycles. The van der Waals surface area contributed by atoms with Crippen LogP contribution in [0.3, 0.4) is 0 Å². The third-order valence-electron chi connectivity index (χ3n) is 3.15. The molecule has 0 saturated carbocycles. The Hall–Kier alpha value is -0.290. The highest BCUT2D eigenvalue weighted by Gasteiger charge is 2.20. The van der Waals surface area contributed by atoms with Gasteiger partial charge in [0.1, 0.15) is 0 Å². The van der Waals surface area contributed by atoms with Gasteiger partial charge in [0.2, 0.25) is 10.0 Å². The first-order chi connectivity index (χ1) is 8.90. The molecular formula is C13H19Cl2NO2S. The van der Waals surface area contributed by atoms with E-state index in [-0.39, 0.29) is 16.8 Å². The number of alkyl halides is 1. The van der Waals surface area contributed by atoms with E-state index >= 15 is 0 Å². The van der Waals surface area contributed by atoms with Crippen molar-refractivity contribution < 1.29 is 8.42 Å². The molecule has 0 amide bonds. The standard InChI is InChI=1S/C13H19Cl2NO2S/c1-3-10(4-2)13(15)9-16-19(17,18)12-7-5-11(14)6-8-12/h5-8,10,13,16H,3-4,9H2,1-2H3. The highest BCUT2D eigenvalue weighted by Crippen LogP contribution is 2.19. The molecular weight excluding hydrogens is 305 g/mol. The fourth-order valence-corrected chi connectivity index (χ4v) is 3.56. The molecule has 1 N–H and O–H groups in total. The molecule has 19 heavy (non-hydrogen) atoms. The predicted octanol–water partition coefficient (Wildman–Crippen LogP) is 3.66. The molecule has 1 aromatic carbocycles. The summed E-state index contributed by atoms with van der Waals surface area (Å²) in [7, 11) is -3.52. The molecule has 0 aromatic heterocycles. The number of hydrogen-bond acceptors (Lipinski definition) is 2. The van der Waals surface area contributed by atoms with Gasteiger partial charge in [0.15, 0.2) is 0 Å². The van der Waals surface area contributed by atoms with Crippen LogP contribution >= 0.6 is 23.2 Å². The largest absolute Gasteiger partial charge is 0.240 e. The fourth-order valence-electron chi connectivity index (χ4n) is 1.85. The summed E-state index contributed by atoms with van der Waals surface area (Å²) in [6.45, 7) is 4.34. The number of sulfonamides is 1. The summed E-state index contributed by atoms with van der Waals surface area (Å²) < 4.78 is 26.6. The summed E-state index contributed by atoms with van der Waals surface area (Å²) in [5.41, 5.74) is 0. The van der Waals surface area contributed by atoms with E-state index in [0.29, 0.717) is 10.9 Å². The van der Waals surface area contributed by atoms with Crippen LogP contribution in [-0.2, 0) is 10.0 Å². The average Bonchev–Trinajstić information content (AvgIpc) is 2.38. The van der Waals surface area contributed by atoms with Crippen LogP contribution in [0.4, 0.5) is 0 Å². The third-order valence-corrected chi connectivity index (χ3v) is 5.35. The molecule has 0 radical (unpaired) electrons. The lowest BCUT2D eigenvalue weighted by molar-refractivity contribution is 0.460. The zero-order chi connectivity index (χ0) is 14.5. The zero-order valence-corrected chi connectivity index (χ0v) is 13.4. The van der Waals surface area contributed by atoms with Crippen molar-refractivity contribution in [2.75, 3.05) is 6.54 Å². The Bertz CT molecular complexity index is 484. The SMILES string of the molecule is CCC(CC)C(Cl)CNS(=O)(=O)c1ccc(Cl)cc1. The summed E-state index contributed by atoms with van der Waals surface area (Å²) in [5, 5.41) is 0.309. The summed E-state index contributed by atoms with van der Waals surface area (Å²) in [6.07, 6.45) is 1.88. The van der Waals surface area contributed by atoms with Crippen molar-refractivity contribution >= 4 is 33.2 Å². The lowest BCUT2D eigenvalue weighted by atomic mass is 9.99. The molecule has 1 atom stereocenters. The topological polar surface area (TPSA) is 46.2 Å². The van der Waals surface area contributed by atoms with Crippen LogP contribution in [0.1, 0.15) is 26.7 Å². The highest BCUT2D eigenvalue weighted by molar-refractivity contribution is 7.89. The van der Waals surface area contributed by atoms with E-state index in [0.717, 1.165) is 12.8 Å². The Balaban J connectivity index is 2.68. The summed E-state index contributed by atoms with van der Waals surface area (Å²) in [6, 6.07) is 6.06. The number of rotatable bonds is 7. The molecule has 3 nitrogen and oxygen atoms in total. The second kappa shape index (κ2) is 7.48. The normalized spacial score (nSPS) is 13.7. The number of hydrogen-bond donors (Lipinski definition) is 1. The molecule has 1 aromatic rings. The Kier molecular flexibility index (Phi) is 6.60. The number of halogens is 2. The molecule has 0 heterocycles. The van der Waals surface area contributed by atoms with Crippen LogP contribution in [0.25, 0.3) is 0 Å². The maximum absolute atomic E-state index is 12.0. The maximum atomic E-state index is 12.0. The average molecular weight is 324 g/mol. The van der Waals surface area contributed by atoms with Crippen molar-refractivity contribution in [3.63, 3.8) is 0 Å². The van der Waals surface area contributed by atoms with Crippen LogP contribution in [0.15, 0.2) is 29.2 Å². The van der Waals surface area contributed by atoms with E-state index in [2.05, 4.69) is 18.6 Å². The van der Waals surface area contributed by atoms with Crippen molar-refractivity contribution in [1.82, 2.24) is 4.72 Å². The van der Waals surface area contributed by atoms with Gasteiger partial charge in [0, 0.05) is 16.9 Å². The van der Waals surface area contributed by atoms with Gasteiger partial charge in [-0.2, -0.15) is 0 Å². The molecule has 0 fully saturated rings. The van der Waals surface area contributed by atoms with Gasteiger partial charge in [-0.25, -0.2) is 13.1 Å². The minimum absolute atomic E-state index is 0.197. The Morgan fingerprint density at radius 3 is 2.16 bits per heavy atom. The summed E-state index contributed by atoms with van der Waals surface area (Å²) >= 11 is 11.9. The second-order valence-electron chi connectivity index (χ2n) is 4.40. The quantitative estimate of drug-likeness (QED) is 0.778. The lowest BCUT2D eigenvalue weighted by Crippen LogP contribution is -2.33. The van der Waals surface area contributed by atoms with Gasteiger partial charge in [0.25, 0.3) is 0 Å². The van der Waals surface area contributed by atoms with Crippen LogP contribution in [0.2, 0.25) is 5.02 Å². The third kappa shape index (κ3) is 4.95. The van der Waals surface area contributed by atoms with Crippen molar-refractivity contribution in [3.05, 3.63) is 29.3 Å². The molecule has 0 spiro atoms. The van der Waals surface area contributed by atoms with E-state index < -0.39 is 10.0 Å². The van der Waals surface area contributed by atoms with E-state index in [1.165, 1.54) is 12.1 Å². The van der Waals surface area contributed by atoms with Crippen LogP contribution in [-0.4, -0.2) is 20.3 Å². The highest BCUT2D eigenvalue weighted by atomic mass is 35.5. The molecule has 1 unspecified atom stereocenters. The molecule has 108 valence electrons. The van der Waals surface area contributed by atoms with Gasteiger partial charge >= 0.3 is 0 Å². The first kappa shape index (κ1) is 16.8. The van der Waals surface area contributed by atoms with Crippen LogP contribution in [0, 0.1) is 5.92 Å². The van der Waals surface area contributed by atoms with Crippen LogP contribution < -0.4 is 4.72 Å².